The van der Waals surface area contributed by atoms with E-state index in [-0.39, 0.29) is 6.10 Å². The number of aliphatic hydroxyl groups is 1. The maximum absolute atomic E-state index is 9.97. The van der Waals surface area contributed by atoms with Gasteiger partial charge in [-0.3, -0.25) is 4.98 Å². The van der Waals surface area contributed by atoms with E-state index in [1.807, 2.05) is 30.3 Å². The van der Waals surface area contributed by atoms with Gasteiger partial charge in [0.05, 0.1) is 6.10 Å². The van der Waals surface area contributed by atoms with Crippen LogP contribution in [-0.2, 0) is 6.42 Å². The van der Waals surface area contributed by atoms with Gasteiger partial charge in [0.2, 0.25) is 0 Å². The van der Waals surface area contributed by atoms with E-state index < -0.39 is 0 Å². The molecule has 94 valence electrons. The van der Waals surface area contributed by atoms with Crippen LogP contribution >= 0.6 is 27.7 Å². The molecule has 1 aromatic carbocycles. The Morgan fingerprint density at radius 1 is 1.28 bits per heavy atom. The Morgan fingerprint density at radius 3 is 2.89 bits per heavy atom. The summed E-state index contributed by atoms with van der Waals surface area (Å²) < 4.78 is 1.06. The number of rotatable bonds is 5. The Labute approximate surface area is 120 Å². The molecule has 1 atom stereocenters. The number of thioether (sulfide) groups is 1. The number of aliphatic hydroxyl groups excluding tert-OH is 1. The maximum Gasteiger partial charge on any atom is 0.0674 e. The molecular weight excluding hydrogens is 310 g/mol. The van der Waals surface area contributed by atoms with Crippen LogP contribution in [-0.4, -0.2) is 21.9 Å². The molecule has 18 heavy (non-hydrogen) atoms. The first-order chi connectivity index (χ1) is 8.74. The second-order valence-corrected chi connectivity index (χ2v) is 6.00. The molecule has 0 radical (unpaired) electrons. The monoisotopic (exact) mass is 323 g/mol. The van der Waals surface area contributed by atoms with E-state index in [2.05, 4.69) is 27.0 Å². The molecule has 0 aliphatic heterocycles. The zero-order valence-corrected chi connectivity index (χ0v) is 12.2. The summed E-state index contributed by atoms with van der Waals surface area (Å²) in [5.41, 5.74) is 1.07. The summed E-state index contributed by atoms with van der Waals surface area (Å²) in [5, 5.41) is 9.97. The molecule has 1 heterocycles. The third-order valence-electron chi connectivity index (χ3n) is 2.43. The summed E-state index contributed by atoms with van der Waals surface area (Å²) in [6.07, 6.45) is 3.84. The Hall–Kier alpha value is -0.840. The fourth-order valence-electron chi connectivity index (χ4n) is 1.60. The van der Waals surface area contributed by atoms with E-state index in [1.165, 1.54) is 0 Å². The highest BCUT2D eigenvalue weighted by Gasteiger charge is 2.06. The SMILES string of the molecule is OC(CSc1cccc(Br)c1)Cc1cccnc1. The van der Waals surface area contributed by atoms with Gasteiger partial charge in [-0.1, -0.05) is 28.1 Å². The zero-order chi connectivity index (χ0) is 12.8. The Morgan fingerprint density at radius 2 is 2.17 bits per heavy atom. The van der Waals surface area contributed by atoms with E-state index in [4.69, 9.17) is 0 Å². The first-order valence-corrected chi connectivity index (χ1v) is 7.47. The van der Waals surface area contributed by atoms with Crippen molar-refractivity contribution in [2.45, 2.75) is 17.4 Å². The molecule has 4 heteroatoms. The summed E-state index contributed by atoms with van der Waals surface area (Å²) >= 11 is 5.10. The van der Waals surface area contributed by atoms with Gasteiger partial charge in [-0.05, 0) is 29.8 Å². The molecule has 0 aliphatic rings. The third-order valence-corrected chi connectivity index (χ3v) is 4.06. The minimum atomic E-state index is -0.349. The Bertz CT molecular complexity index is 492. The van der Waals surface area contributed by atoms with Crippen molar-refractivity contribution in [2.75, 3.05) is 5.75 Å². The van der Waals surface area contributed by atoms with Crippen molar-refractivity contribution in [1.82, 2.24) is 4.98 Å². The van der Waals surface area contributed by atoms with Crippen LogP contribution in [0.5, 0.6) is 0 Å². The van der Waals surface area contributed by atoms with Gasteiger partial charge in [0.25, 0.3) is 0 Å². The fourth-order valence-corrected chi connectivity index (χ4v) is 3.04. The van der Waals surface area contributed by atoms with Crippen LogP contribution in [0.4, 0.5) is 0 Å². The molecule has 0 saturated carbocycles. The highest BCUT2D eigenvalue weighted by atomic mass is 79.9. The third kappa shape index (κ3) is 4.44. The van der Waals surface area contributed by atoms with Crippen LogP contribution in [0.1, 0.15) is 5.56 Å². The fraction of sp³-hybridized carbons (Fsp3) is 0.214. The van der Waals surface area contributed by atoms with Gasteiger partial charge in [0.1, 0.15) is 0 Å². The second kappa shape index (κ2) is 6.92. The van der Waals surface area contributed by atoms with Gasteiger partial charge in [-0.15, -0.1) is 11.8 Å². The highest BCUT2D eigenvalue weighted by Crippen LogP contribution is 2.23. The van der Waals surface area contributed by atoms with E-state index in [9.17, 15) is 5.11 Å². The second-order valence-electron chi connectivity index (χ2n) is 3.99. The lowest BCUT2D eigenvalue weighted by Gasteiger charge is -2.10. The number of hydrogen-bond donors (Lipinski definition) is 1. The molecule has 1 unspecified atom stereocenters. The molecule has 2 aromatic rings. The molecular formula is C14H14BrNOS. The Balaban J connectivity index is 1.83. The van der Waals surface area contributed by atoms with Crippen LogP contribution in [0.25, 0.3) is 0 Å². The van der Waals surface area contributed by atoms with Gasteiger partial charge in [-0.2, -0.15) is 0 Å². The van der Waals surface area contributed by atoms with Gasteiger partial charge in [-0.25, -0.2) is 0 Å². The summed E-state index contributed by atoms with van der Waals surface area (Å²) in [4.78, 5) is 5.21. The number of halogens is 1. The normalized spacial score (nSPS) is 12.3. The van der Waals surface area contributed by atoms with Crippen molar-refractivity contribution in [3.05, 3.63) is 58.8 Å². The lowest BCUT2D eigenvalue weighted by Crippen LogP contribution is -2.13. The van der Waals surface area contributed by atoms with Crippen molar-refractivity contribution in [3.63, 3.8) is 0 Å². The minimum absolute atomic E-state index is 0.349. The largest absolute Gasteiger partial charge is 0.392 e. The smallest absolute Gasteiger partial charge is 0.0674 e. The van der Waals surface area contributed by atoms with Crippen molar-refractivity contribution in [2.24, 2.45) is 0 Å². The maximum atomic E-state index is 9.97. The van der Waals surface area contributed by atoms with Crippen LogP contribution in [0, 0.1) is 0 Å². The van der Waals surface area contributed by atoms with E-state index in [0.717, 1.165) is 14.9 Å². The molecule has 0 fully saturated rings. The van der Waals surface area contributed by atoms with Gasteiger partial charge >= 0.3 is 0 Å². The minimum Gasteiger partial charge on any atom is -0.392 e. The first kappa shape index (κ1) is 13.6. The van der Waals surface area contributed by atoms with Gasteiger partial charge in [0.15, 0.2) is 0 Å². The molecule has 0 amide bonds. The van der Waals surface area contributed by atoms with Crippen LogP contribution < -0.4 is 0 Å². The van der Waals surface area contributed by atoms with Crippen molar-refractivity contribution < 1.29 is 5.11 Å². The van der Waals surface area contributed by atoms with Crippen molar-refractivity contribution in [1.29, 1.82) is 0 Å². The van der Waals surface area contributed by atoms with Crippen LogP contribution in [0.15, 0.2) is 58.2 Å². The average Bonchev–Trinajstić information content (AvgIpc) is 2.38. The van der Waals surface area contributed by atoms with Crippen LogP contribution in [0.2, 0.25) is 0 Å². The standard InChI is InChI=1S/C14H14BrNOS/c15-12-4-1-5-14(8-12)18-10-13(17)7-11-3-2-6-16-9-11/h1-6,8-9,13,17H,7,10H2. The predicted molar refractivity (Wildman–Crippen MR) is 78.8 cm³/mol. The molecule has 0 aliphatic carbocycles. The van der Waals surface area contributed by atoms with E-state index in [1.54, 1.807) is 24.2 Å². The summed E-state index contributed by atoms with van der Waals surface area (Å²) in [7, 11) is 0. The van der Waals surface area contributed by atoms with Crippen molar-refractivity contribution in [3.8, 4) is 0 Å². The molecule has 0 saturated heterocycles. The number of pyridine rings is 1. The topological polar surface area (TPSA) is 33.1 Å². The summed E-state index contributed by atoms with van der Waals surface area (Å²) in [5.74, 6) is 0.686. The van der Waals surface area contributed by atoms with Gasteiger partial charge in [0, 0.05) is 33.9 Å². The van der Waals surface area contributed by atoms with Crippen molar-refractivity contribution >= 4 is 27.7 Å². The number of benzene rings is 1. The quantitative estimate of drug-likeness (QED) is 0.854. The summed E-state index contributed by atoms with van der Waals surface area (Å²) in [6, 6.07) is 12.0. The lowest BCUT2D eigenvalue weighted by atomic mass is 10.1. The first-order valence-electron chi connectivity index (χ1n) is 5.69. The van der Waals surface area contributed by atoms with E-state index >= 15 is 0 Å². The molecule has 0 spiro atoms. The lowest BCUT2D eigenvalue weighted by molar-refractivity contribution is 0.200. The molecule has 2 nitrogen and oxygen atoms in total. The molecule has 1 aromatic heterocycles. The number of aromatic nitrogens is 1. The number of nitrogens with zero attached hydrogens (tertiary/aromatic N) is 1. The zero-order valence-electron chi connectivity index (χ0n) is 9.79. The summed E-state index contributed by atoms with van der Waals surface area (Å²) in [6.45, 7) is 0. The van der Waals surface area contributed by atoms with Gasteiger partial charge < -0.3 is 5.11 Å². The average molecular weight is 324 g/mol. The predicted octanol–water partition coefficient (Wildman–Crippen LogP) is 3.54. The molecule has 1 N–H and O–H groups in total. The van der Waals surface area contributed by atoms with E-state index in [0.29, 0.717) is 12.2 Å². The molecule has 0 bridgehead atoms. The highest BCUT2D eigenvalue weighted by molar-refractivity contribution is 9.10. The van der Waals surface area contributed by atoms with Crippen LogP contribution in [0.3, 0.4) is 0 Å². The molecule has 2 rings (SSSR count). The Kier molecular flexibility index (Phi) is 5.23. The number of hydrogen-bond acceptors (Lipinski definition) is 3.